The van der Waals surface area contributed by atoms with E-state index in [1.54, 1.807) is 0 Å². The molecule has 0 amide bonds. The summed E-state index contributed by atoms with van der Waals surface area (Å²) in [6, 6.07) is 0. The van der Waals surface area contributed by atoms with Gasteiger partial charge in [-0.05, 0) is 63.2 Å². The molecule has 92 valence electrons. The fourth-order valence-corrected chi connectivity index (χ4v) is 4.14. The molecule has 2 saturated carbocycles. The Morgan fingerprint density at radius 1 is 1.25 bits per heavy atom. The van der Waals surface area contributed by atoms with Gasteiger partial charge in [0.05, 0.1) is 5.60 Å². The minimum absolute atomic E-state index is 0.383. The summed E-state index contributed by atoms with van der Waals surface area (Å²) >= 11 is 0. The van der Waals surface area contributed by atoms with Crippen LogP contribution in [0.5, 0.6) is 0 Å². The molecule has 0 aromatic carbocycles. The second kappa shape index (κ2) is 3.87. The molecule has 0 aromatic rings. The molecule has 16 heavy (non-hydrogen) atoms. The number of allylic oxidation sites excluding steroid dienone is 1. The van der Waals surface area contributed by atoms with Crippen molar-refractivity contribution in [3.05, 3.63) is 12.2 Å². The highest BCUT2D eigenvalue weighted by atomic mass is 16.3. The number of rotatable bonds is 1. The zero-order valence-electron chi connectivity index (χ0n) is 11.1. The van der Waals surface area contributed by atoms with E-state index in [4.69, 9.17) is 0 Å². The molecule has 4 atom stereocenters. The van der Waals surface area contributed by atoms with Crippen LogP contribution in [0.4, 0.5) is 0 Å². The standard InChI is InChI=1S/C15H26O/c1-11(2)12-6-9-14(3)7-5-8-15(4,16)13(14)10-12/h12-13,16H,1,5-10H2,2-4H3/t12-,13?,14-,15?/m0/s1. The van der Waals surface area contributed by atoms with E-state index in [0.29, 0.717) is 17.3 Å². The van der Waals surface area contributed by atoms with E-state index in [2.05, 4.69) is 27.4 Å². The fourth-order valence-electron chi connectivity index (χ4n) is 4.14. The Kier molecular flexibility index (Phi) is 2.94. The zero-order valence-corrected chi connectivity index (χ0v) is 11.1. The molecule has 0 radical (unpaired) electrons. The van der Waals surface area contributed by atoms with Crippen molar-refractivity contribution in [2.45, 2.75) is 64.9 Å². The Labute approximate surface area is 99.9 Å². The second-order valence-electron chi connectivity index (χ2n) is 6.73. The van der Waals surface area contributed by atoms with Gasteiger partial charge < -0.3 is 5.11 Å². The molecule has 0 spiro atoms. The van der Waals surface area contributed by atoms with Gasteiger partial charge in [0.25, 0.3) is 0 Å². The summed E-state index contributed by atoms with van der Waals surface area (Å²) in [7, 11) is 0. The first-order chi connectivity index (χ1) is 7.35. The van der Waals surface area contributed by atoms with Gasteiger partial charge in [0.2, 0.25) is 0 Å². The molecule has 0 aromatic heterocycles. The molecule has 2 rings (SSSR count). The quantitative estimate of drug-likeness (QED) is 0.667. The number of fused-ring (bicyclic) bond motifs is 1. The van der Waals surface area contributed by atoms with Crippen LogP contribution in [0.25, 0.3) is 0 Å². The van der Waals surface area contributed by atoms with Gasteiger partial charge in [0.15, 0.2) is 0 Å². The smallest absolute Gasteiger partial charge is 0.0653 e. The van der Waals surface area contributed by atoms with Gasteiger partial charge in [0.1, 0.15) is 0 Å². The van der Waals surface area contributed by atoms with Crippen LogP contribution in [0.2, 0.25) is 0 Å². The van der Waals surface area contributed by atoms with Gasteiger partial charge in [-0.1, -0.05) is 25.5 Å². The SMILES string of the molecule is C=C(C)[C@H]1CC[C@]2(C)CCCC(C)(O)C2C1. The van der Waals surface area contributed by atoms with Crippen LogP contribution in [0.15, 0.2) is 12.2 Å². The molecule has 2 aliphatic rings. The Bertz CT molecular complexity index is 292. The van der Waals surface area contributed by atoms with Crippen molar-refractivity contribution in [2.75, 3.05) is 0 Å². The van der Waals surface area contributed by atoms with Crippen LogP contribution in [-0.4, -0.2) is 10.7 Å². The highest BCUT2D eigenvalue weighted by molar-refractivity contribution is 5.07. The topological polar surface area (TPSA) is 20.2 Å². The lowest BCUT2D eigenvalue weighted by atomic mass is 9.53. The maximum Gasteiger partial charge on any atom is 0.0653 e. The van der Waals surface area contributed by atoms with E-state index in [1.165, 1.54) is 31.3 Å². The van der Waals surface area contributed by atoms with Crippen molar-refractivity contribution in [3.8, 4) is 0 Å². The summed E-state index contributed by atoms with van der Waals surface area (Å²) in [5.41, 5.74) is 1.25. The monoisotopic (exact) mass is 222 g/mol. The molecule has 0 saturated heterocycles. The van der Waals surface area contributed by atoms with Crippen molar-refractivity contribution in [2.24, 2.45) is 17.3 Å². The molecule has 0 bridgehead atoms. The van der Waals surface area contributed by atoms with Crippen LogP contribution >= 0.6 is 0 Å². The summed E-state index contributed by atoms with van der Waals surface area (Å²) in [6.45, 7) is 10.7. The first kappa shape index (κ1) is 12.2. The average molecular weight is 222 g/mol. The summed E-state index contributed by atoms with van der Waals surface area (Å²) in [4.78, 5) is 0. The van der Waals surface area contributed by atoms with Gasteiger partial charge in [-0.15, -0.1) is 0 Å². The van der Waals surface area contributed by atoms with Crippen molar-refractivity contribution >= 4 is 0 Å². The fraction of sp³-hybridized carbons (Fsp3) is 0.867. The van der Waals surface area contributed by atoms with E-state index < -0.39 is 5.60 Å². The van der Waals surface area contributed by atoms with E-state index >= 15 is 0 Å². The summed E-state index contributed by atoms with van der Waals surface area (Å²) in [5.74, 6) is 1.12. The highest BCUT2D eigenvalue weighted by Gasteiger charge is 2.50. The van der Waals surface area contributed by atoms with Crippen molar-refractivity contribution in [1.29, 1.82) is 0 Å². The third-order valence-electron chi connectivity index (χ3n) is 5.30. The minimum atomic E-state index is -0.443. The molecule has 1 N–H and O–H groups in total. The Morgan fingerprint density at radius 3 is 2.56 bits per heavy atom. The third kappa shape index (κ3) is 1.95. The highest BCUT2D eigenvalue weighted by Crippen LogP contribution is 2.56. The van der Waals surface area contributed by atoms with Crippen molar-refractivity contribution in [1.82, 2.24) is 0 Å². The molecule has 2 fully saturated rings. The Balaban J connectivity index is 2.21. The number of aliphatic hydroxyl groups is 1. The largest absolute Gasteiger partial charge is 0.390 e. The van der Waals surface area contributed by atoms with Crippen LogP contribution in [-0.2, 0) is 0 Å². The van der Waals surface area contributed by atoms with Crippen molar-refractivity contribution < 1.29 is 5.11 Å². The van der Waals surface area contributed by atoms with Gasteiger partial charge in [-0.3, -0.25) is 0 Å². The summed E-state index contributed by atoms with van der Waals surface area (Å²) in [6.07, 6.45) is 7.17. The third-order valence-corrected chi connectivity index (χ3v) is 5.30. The van der Waals surface area contributed by atoms with Gasteiger partial charge in [-0.2, -0.15) is 0 Å². The number of hydrogen-bond acceptors (Lipinski definition) is 1. The van der Waals surface area contributed by atoms with E-state index in [1.807, 2.05) is 0 Å². The van der Waals surface area contributed by atoms with E-state index in [-0.39, 0.29) is 0 Å². The predicted molar refractivity (Wildman–Crippen MR) is 68.2 cm³/mol. The Hall–Kier alpha value is -0.300. The molecule has 0 heterocycles. The second-order valence-corrected chi connectivity index (χ2v) is 6.73. The average Bonchev–Trinajstić information content (AvgIpc) is 2.15. The molecule has 2 unspecified atom stereocenters. The first-order valence-electron chi connectivity index (χ1n) is 6.73. The molecule has 1 nitrogen and oxygen atoms in total. The molecule has 2 aliphatic carbocycles. The van der Waals surface area contributed by atoms with Crippen LogP contribution in [0, 0.1) is 17.3 Å². The number of hydrogen-bond donors (Lipinski definition) is 1. The lowest BCUT2D eigenvalue weighted by Gasteiger charge is -2.54. The normalized spacial score (nSPS) is 48.5. The van der Waals surface area contributed by atoms with Gasteiger partial charge in [0, 0.05) is 0 Å². The molecule has 0 aliphatic heterocycles. The maximum atomic E-state index is 10.6. The van der Waals surface area contributed by atoms with E-state index in [0.717, 1.165) is 12.8 Å². The lowest BCUT2D eigenvalue weighted by Crippen LogP contribution is -2.51. The first-order valence-corrected chi connectivity index (χ1v) is 6.73. The van der Waals surface area contributed by atoms with Crippen LogP contribution in [0.1, 0.15) is 59.3 Å². The van der Waals surface area contributed by atoms with Gasteiger partial charge in [-0.25, -0.2) is 0 Å². The van der Waals surface area contributed by atoms with E-state index in [9.17, 15) is 5.11 Å². The zero-order chi connectivity index (χ0) is 12.0. The van der Waals surface area contributed by atoms with Gasteiger partial charge >= 0.3 is 0 Å². The Morgan fingerprint density at radius 2 is 1.94 bits per heavy atom. The minimum Gasteiger partial charge on any atom is -0.390 e. The van der Waals surface area contributed by atoms with Crippen molar-refractivity contribution in [3.63, 3.8) is 0 Å². The molecular weight excluding hydrogens is 196 g/mol. The van der Waals surface area contributed by atoms with Crippen LogP contribution < -0.4 is 0 Å². The molecular formula is C15H26O. The lowest BCUT2D eigenvalue weighted by molar-refractivity contribution is -0.120. The summed E-state index contributed by atoms with van der Waals surface area (Å²) < 4.78 is 0. The maximum absolute atomic E-state index is 10.6. The van der Waals surface area contributed by atoms with Crippen LogP contribution in [0.3, 0.4) is 0 Å². The molecule has 1 heteroatoms. The summed E-state index contributed by atoms with van der Waals surface area (Å²) in [5, 5.41) is 10.6. The predicted octanol–water partition coefficient (Wildman–Crippen LogP) is 3.92.